The first-order valence-corrected chi connectivity index (χ1v) is 6.39. The Hall–Kier alpha value is -1.87. The Morgan fingerprint density at radius 1 is 1.16 bits per heavy atom. The van der Waals surface area contributed by atoms with E-state index >= 15 is 0 Å². The lowest BCUT2D eigenvalue weighted by Crippen LogP contribution is -2.08. The molecule has 0 aliphatic heterocycles. The molecule has 2 N–H and O–H groups in total. The van der Waals surface area contributed by atoms with Crippen LogP contribution in [-0.4, -0.2) is 0 Å². The second kappa shape index (κ2) is 5.85. The Balaban J connectivity index is 2.17. The summed E-state index contributed by atoms with van der Waals surface area (Å²) in [5.74, 6) is 0.915. The molecular formula is C16H18FNO. The second-order valence-corrected chi connectivity index (χ2v) is 4.60. The number of rotatable bonds is 4. The highest BCUT2D eigenvalue weighted by atomic mass is 19.1. The standard InChI is InChI=1S/C16H18FNO/c1-3-15(18)12-5-8-14(9-6-12)19-16-10-13(17)7-4-11(16)2/h4-10,15H,3,18H2,1-2H3/t15-/m0/s1. The van der Waals surface area contributed by atoms with Gasteiger partial charge < -0.3 is 10.5 Å². The van der Waals surface area contributed by atoms with E-state index in [1.54, 1.807) is 6.07 Å². The summed E-state index contributed by atoms with van der Waals surface area (Å²) in [4.78, 5) is 0. The summed E-state index contributed by atoms with van der Waals surface area (Å²) in [7, 11) is 0. The first kappa shape index (κ1) is 13.6. The summed E-state index contributed by atoms with van der Waals surface area (Å²) in [6.07, 6.45) is 0.892. The van der Waals surface area contributed by atoms with Crippen LogP contribution in [0.5, 0.6) is 11.5 Å². The molecule has 0 unspecified atom stereocenters. The molecular weight excluding hydrogens is 241 g/mol. The summed E-state index contributed by atoms with van der Waals surface area (Å²) in [6.45, 7) is 3.93. The normalized spacial score (nSPS) is 12.2. The van der Waals surface area contributed by atoms with E-state index < -0.39 is 0 Å². The van der Waals surface area contributed by atoms with Crippen LogP contribution >= 0.6 is 0 Å². The van der Waals surface area contributed by atoms with Gasteiger partial charge >= 0.3 is 0 Å². The predicted molar refractivity (Wildman–Crippen MR) is 74.9 cm³/mol. The van der Waals surface area contributed by atoms with Crippen LogP contribution in [0.3, 0.4) is 0 Å². The quantitative estimate of drug-likeness (QED) is 0.886. The van der Waals surface area contributed by atoms with Gasteiger partial charge in [-0.3, -0.25) is 0 Å². The molecule has 19 heavy (non-hydrogen) atoms. The Bertz CT molecular complexity index is 551. The molecule has 0 aliphatic carbocycles. The molecule has 0 amide bonds. The molecule has 2 aromatic rings. The molecule has 3 heteroatoms. The van der Waals surface area contributed by atoms with Crippen molar-refractivity contribution in [3.63, 3.8) is 0 Å². The Morgan fingerprint density at radius 3 is 2.47 bits per heavy atom. The SMILES string of the molecule is CC[C@H](N)c1ccc(Oc2cc(F)ccc2C)cc1. The summed E-state index contributed by atoms with van der Waals surface area (Å²) >= 11 is 0. The smallest absolute Gasteiger partial charge is 0.133 e. The van der Waals surface area contributed by atoms with Gasteiger partial charge in [0, 0.05) is 12.1 Å². The molecule has 0 spiro atoms. The molecule has 2 aromatic carbocycles. The van der Waals surface area contributed by atoms with E-state index in [0.717, 1.165) is 17.5 Å². The fraction of sp³-hybridized carbons (Fsp3) is 0.250. The maximum Gasteiger partial charge on any atom is 0.133 e. The molecule has 0 heterocycles. The van der Waals surface area contributed by atoms with Gasteiger partial charge in [-0.25, -0.2) is 4.39 Å². The summed E-state index contributed by atoms with van der Waals surface area (Å²) < 4.78 is 18.8. The van der Waals surface area contributed by atoms with Gasteiger partial charge in [-0.1, -0.05) is 25.1 Å². The monoisotopic (exact) mass is 259 g/mol. The van der Waals surface area contributed by atoms with Crippen molar-refractivity contribution in [2.75, 3.05) is 0 Å². The highest BCUT2D eigenvalue weighted by Gasteiger charge is 2.05. The highest BCUT2D eigenvalue weighted by Crippen LogP contribution is 2.27. The molecule has 0 bridgehead atoms. The minimum Gasteiger partial charge on any atom is -0.457 e. The number of ether oxygens (including phenoxy) is 1. The van der Waals surface area contributed by atoms with Gasteiger partial charge in [-0.15, -0.1) is 0 Å². The third-order valence-electron chi connectivity index (χ3n) is 3.13. The zero-order valence-electron chi connectivity index (χ0n) is 11.2. The van der Waals surface area contributed by atoms with Crippen molar-refractivity contribution < 1.29 is 9.13 Å². The first-order valence-electron chi connectivity index (χ1n) is 6.39. The van der Waals surface area contributed by atoms with Crippen LogP contribution in [0.2, 0.25) is 0 Å². The third-order valence-corrected chi connectivity index (χ3v) is 3.13. The van der Waals surface area contributed by atoms with Crippen molar-refractivity contribution in [2.45, 2.75) is 26.3 Å². The van der Waals surface area contributed by atoms with Crippen LogP contribution in [0.15, 0.2) is 42.5 Å². The lowest BCUT2D eigenvalue weighted by molar-refractivity contribution is 0.472. The third kappa shape index (κ3) is 3.32. The fourth-order valence-electron chi connectivity index (χ4n) is 1.83. The van der Waals surface area contributed by atoms with Crippen LogP contribution in [-0.2, 0) is 0 Å². The molecule has 1 atom stereocenters. The van der Waals surface area contributed by atoms with Gasteiger partial charge in [-0.2, -0.15) is 0 Å². The van der Waals surface area contributed by atoms with Crippen molar-refractivity contribution in [3.05, 3.63) is 59.4 Å². The first-order chi connectivity index (χ1) is 9.10. The average Bonchev–Trinajstić information content (AvgIpc) is 2.43. The van der Waals surface area contributed by atoms with Crippen LogP contribution in [0.25, 0.3) is 0 Å². The number of halogens is 1. The van der Waals surface area contributed by atoms with Gasteiger partial charge in [0.15, 0.2) is 0 Å². The van der Waals surface area contributed by atoms with E-state index in [1.807, 2.05) is 38.1 Å². The largest absolute Gasteiger partial charge is 0.457 e. The zero-order valence-corrected chi connectivity index (χ0v) is 11.2. The summed E-state index contributed by atoms with van der Waals surface area (Å²) in [5.41, 5.74) is 7.92. The molecule has 100 valence electrons. The van der Waals surface area contributed by atoms with Gasteiger partial charge in [0.2, 0.25) is 0 Å². The average molecular weight is 259 g/mol. The summed E-state index contributed by atoms with van der Waals surface area (Å²) in [6, 6.07) is 12.2. The van der Waals surface area contributed by atoms with Crippen molar-refractivity contribution in [1.82, 2.24) is 0 Å². The molecule has 0 aromatic heterocycles. The van der Waals surface area contributed by atoms with E-state index in [2.05, 4.69) is 0 Å². The minimum atomic E-state index is -0.301. The molecule has 0 saturated heterocycles. The van der Waals surface area contributed by atoms with E-state index in [-0.39, 0.29) is 11.9 Å². The maximum absolute atomic E-state index is 13.2. The van der Waals surface area contributed by atoms with Crippen molar-refractivity contribution in [1.29, 1.82) is 0 Å². The van der Waals surface area contributed by atoms with E-state index in [4.69, 9.17) is 10.5 Å². The maximum atomic E-state index is 13.2. The number of aryl methyl sites for hydroxylation is 1. The Kier molecular flexibility index (Phi) is 4.17. The van der Waals surface area contributed by atoms with Crippen molar-refractivity contribution in [2.24, 2.45) is 5.73 Å². The number of nitrogens with two attached hydrogens (primary N) is 1. The van der Waals surface area contributed by atoms with Crippen LogP contribution in [0.4, 0.5) is 4.39 Å². The van der Waals surface area contributed by atoms with Gasteiger partial charge in [0.25, 0.3) is 0 Å². The molecule has 0 aliphatic rings. The highest BCUT2D eigenvalue weighted by molar-refractivity contribution is 5.38. The van der Waals surface area contributed by atoms with Gasteiger partial charge in [-0.05, 0) is 42.7 Å². The molecule has 0 fully saturated rings. The number of benzene rings is 2. The minimum absolute atomic E-state index is 0.0463. The number of hydrogen-bond donors (Lipinski definition) is 1. The second-order valence-electron chi connectivity index (χ2n) is 4.60. The molecule has 2 rings (SSSR count). The van der Waals surface area contributed by atoms with Crippen LogP contribution < -0.4 is 10.5 Å². The topological polar surface area (TPSA) is 35.2 Å². The summed E-state index contributed by atoms with van der Waals surface area (Å²) in [5, 5.41) is 0. The Morgan fingerprint density at radius 2 is 1.84 bits per heavy atom. The molecule has 2 nitrogen and oxygen atoms in total. The lowest BCUT2D eigenvalue weighted by atomic mass is 10.1. The fourth-order valence-corrected chi connectivity index (χ4v) is 1.83. The Labute approximate surface area is 113 Å². The van der Waals surface area contributed by atoms with Gasteiger partial charge in [0.05, 0.1) is 0 Å². The van der Waals surface area contributed by atoms with Crippen LogP contribution in [0, 0.1) is 12.7 Å². The van der Waals surface area contributed by atoms with Gasteiger partial charge in [0.1, 0.15) is 17.3 Å². The van der Waals surface area contributed by atoms with Crippen LogP contribution in [0.1, 0.15) is 30.5 Å². The molecule has 0 saturated carbocycles. The van der Waals surface area contributed by atoms with E-state index in [0.29, 0.717) is 11.5 Å². The van der Waals surface area contributed by atoms with Crippen molar-refractivity contribution in [3.8, 4) is 11.5 Å². The van der Waals surface area contributed by atoms with Crippen molar-refractivity contribution >= 4 is 0 Å². The predicted octanol–water partition coefficient (Wildman–Crippen LogP) is 4.34. The zero-order chi connectivity index (χ0) is 13.8. The number of hydrogen-bond acceptors (Lipinski definition) is 2. The van der Waals surface area contributed by atoms with E-state index in [9.17, 15) is 4.39 Å². The van der Waals surface area contributed by atoms with E-state index in [1.165, 1.54) is 12.1 Å². The lowest BCUT2D eigenvalue weighted by Gasteiger charge is -2.12. The molecule has 0 radical (unpaired) electrons.